The average molecular weight is 615 g/mol. The second-order valence-corrected chi connectivity index (χ2v) is 13.4. The largest absolute Gasteiger partial charge is 0.508 e. The molecule has 2 aromatic heterocycles. The first-order valence-corrected chi connectivity index (χ1v) is 15.7. The van der Waals surface area contributed by atoms with Crippen molar-refractivity contribution in [2.45, 2.75) is 51.1 Å². The molecule has 0 amide bonds. The molecule has 2 aromatic carbocycles. The zero-order valence-electron chi connectivity index (χ0n) is 25.6. The van der Waals surface area contributed by atoms with Gasteiger partial charge in [-0.1, -0.05) is 18.9 Å². The summed E-state index contributed by atoms with van der Waals surface area (Å²) in [5.74, 6) is 2.01. The van der Waals surface area contributed by atoms with Crippen LogP contribution in [0.3, 0.4) is 0 Å². The smallest absolute Gasteiger partial charge is 0.175 e. The third-order valence-electron chi connectivity index (χ3n) is 10.3. The molecule has 3 fully saturated rings. The molecule has 10 heteroatoms. The number of phenols is 1. The lowest BCUT2D eigenvalue weighted by atomic mass is 9.70. The number of aromatic nitrogens is 3. The molecule has 2 N–H and O–H groups in total. The molecule has 0 unspecified atom stereocenters. The van der Waals surface area contributed by atoms with Crippen molar-refractivity contribution in [1.29, 1.82) is 0 Å². The molecular formula is C35H37F3N6O. The van der Waals surface area contributed by atoms with E-state index in [1.165, 1.54) is 24.3 Å². The van der Waals surface area contributed by atoms with Gasteiger partial charge in [-0.05, 0) is 74.2 Å². The number of halogens is 3. The first-order valence-electron chi connectivity index (χ1n) is 15.7. The van der Waals surface area contributed by atoms with Crippen LogP contribution < -0.4 is 10.2 Å². The Morgan fingerprint density at radius 3 is 2.64 bits per heavy atom. The van der Waals surface area contributed by atoms with Crippen molar-refractivity contribution in [3.05, 3.63) is 53.5 Å². The number of nitrogens with zero attached hydrogens (tertiary/aromatic N) is 5. The van der Waals surface area contributed by atoms with E-state index in [2.05, 4.69) is 40.0 Å². The van der Waals surface area contributed by atoms with Gasteiger partial charge in [0.2, 0.25) is 0 Å². The van der Waals surface area contributed by atoms with Crippen molar-refractivity contribution in [2.75, 3.05) is 44.8 Å². The fourth-order valence-electron chi connectivity index (χ4n) is 7.84. The van der Waals surface area contributed by atoms with E-state index >= 15 is 4.39 Å². The monoisotopic (exact) mass is 614 g/mol. The summed E-state index contributed by atoms with van der Waals surface area (Å²) in [5, 5.41) is 15.4. The zero-order chi connectivity index (χ0) is 31.5. The summed E-state index contributed by atoms with van der Waals surface area (Å²) in [4.78, 5) is 18.7. The predicted octanol–water partition coefficient (Wildman–Crippen LogP) is 5.61. The summed E-state index contributed by atoms with van der Waals surface area (Å²) < 4.78 is 45.8. The molecule has 3 saturated heterocycles. The van der Waals surface area contributed by atoms with Gasteiger partial charge in [0, 0.05) is 55.3 Å². The Hall–Kier alpha value is -3.94. The summed E-state index contributed by atoms with van der Waals surface area (Å²) in [5.41, 5.74) is -0.0969. The first-order chi connectivity index (χ1) is 21.7. The number of aromatic hydroxyl groups is 1. The molecule has 7 rings (SSSR count). The van der Waals surface area contributed by atoms with E-state index in [0.717, 1.165) is 45.4 Å². The molecule has 0 saturated carbocycles. The molecule has 3 aliphatic heterocycles. The highest BCUT2D eigenvalue weighted by Gasteiger charge is 2.39. The minimum atomic E-state index is -0.695. The molecule has 234 valence electrons. The number of piperazine rings is 1. The summed E-state index contributed by atoms with van der Waals surface area (Å²) in [6, 6.07) is 6.20. The number of likely N-dealkylation sites (tertiary alicyclic amines) is 1. The van der Waals surface area contributed by atoms with E-state index < -0.39 is 11.6 Å². The number of alkyl halides is 1. The van der Waals surface area contributed by atoms with Gasteiger partial charge in [-0.2, -0.15) is 0 Å². The van der Waals surface area contributed by atoms with Crippen LogP contribution in [-0.2, 0) is 6.42 Å². The van der Waals surface area contributed by atoms with E-state index in [-0.39, 0.29) is 46.1 Å². The molecular weight excluding hydrogens is 577 g/mol. The highest BCUT2D eigenvalue weighted by molar-refractivity contribution is 6.03. The number of phenolic OH excluding ortho intramolecular Hbond substituents is 1. The maximum absolute atomic E-state index is 16.8. The number of rotatable bonds is 6. The van der Waals surface area contributed by atoms with Crippen LogP contribution in [0.5, 0.6) is 5.75 Å². The Bertz CT molecular complexity index is 1830. The summed E-state index contributed by atoms with van der Waals surface area (Å²) in [7, 11) is 2.06. The van der Waals surface area contributed by atoms with Crippen LogP contribution in [-0.4, -0.2) is 76.9 Å². The van der Waals surface area contributed by atoms with E-state index in [0.29, 0.717) is 52.7 Å². The van der Waals surface area contributed by atoms with Crippen molar-refractivity contribution < 1.29 is 18.3 Å². The number of fused-ring (bicyclic) bond motifs is 4. The van der Waals surface area contributed by atoms with Crippen molar-refractivity contribution in [1.82, 2.24) is 25.2 Å². The van der Waals surface area contributed by atoms with Gasteiger partial charge in [0.1, 0.15) is 34.4 Å². The Kier molecular flexibility index (Phi) is 7.57. The van der Waals surface area contributed by atoms with Gasteiger partial charge in [0.05, 0.1) is 17.6 Å². The fourth-order valence-corrected chi connectivity index (χ4v) is 7.84. The standard InChI is InChI=1S/C35H37F3N6O/c1-4-25-28(37)8-5-20-13-24(45)14-26(30(20)25)32-31(38)33-27(16-39-32)34(44-17-22-6-7-23(18-44)40-22)42-29(41-33)9-11-35(2)19-43(3)12-10-21(35)15-36/h1,5,8,13-14,16,21-23,40,45H,6-7,9-12,15,17-19H2,2-3H3/t21-,22-,23+,35-/m1/s1. The Morgan fingerprint density at radius 2 is 1.91 bits per heavy atom. The van der Waals surface area contributed by atoms with Gasteiger partial charge in [-0.3, -0.25) is 9.37 Å². The summed E-state index contributed by atoms with van der Waals surface area (Å²) in [6.45, 7) is 4.85. The van der Waals surface area contributed by atoms with Crippen LogP contribution in [0.2, 0.25) is 0 Å². The molecule has 0 spiro atoms. The second kappa shape index (κ2) is 11.5. The summed E-state index contributed by atoms with van der Waals surface area (Å²) in [6.07, 6.45) is 11.3. The minimum Gasteiger partial charge on any atom is -0.508 e. The van der Waals surface area contributed by atoms with Crippen LogP contribution in [0.4, 0.5) is 19.0 Å². The third-order valence-corrected chi connectivity index (χ3v) is 10.3. The van der Waals surface area contributed by atoms with Crippen molar-refractivity contribution in [3.8, 4) is 29.4 Å². The van der Waals surface area contributed by atoms with Crippen LogP contribution >= 0.6 is 0 Å². The molecule has 7 nitrogen and oxygen atoms in total. The molecule has 3 aliphatic rings. The molecule has 45 heavy (non-hydrogen) atoms. The Morgan fingerprint density at radius 1 is 1.13 bits per heavy atom. The van der Waals surface area contributed by atoms with E-state index in [1.807, 2.05) is 0 Å². The van der Waals surface area contributed by atoms with E-state index in [1.54, 1.807) is 6.20 Å². The van der Waals surface area contributed by atoms with Crippen molar-refractivity contribution in [2.24, 2.45) is 11.3 Å². The van der Waals surface area contributed by atoms with Crippen LogP contribution in [0.25, 0.3) is 32.9 Å². The lowest BCUT2D eigenvalue weighted by molar-refractivity contribution is 0.0332. The number of piperidine rings is 1. The number of aryl methyl sites for hydroxylation is 1. The van der Waals surface area contributed by atoms with Crippen LogP contribution in [0, 0.1) is 35.3 Å². The number of pyridine rings is 1. The third kappa shape index (κ3) is 5.26. The van der Waals surface area contributed by atoms with Crippen LogP contribution in [0.15, 0.2) is 30.5 Å². The van der Waals surface area contributed by atoms with Crippen LogP contribution in [0.1, 0.15) is 44.0 Å². The molecule has 4 aromatic rings. The molecule has 5 heterocycles. The van der Waals surface area contributed by atoms with Gasteiger partial charge in [0.15, 0.2) is 5.82 Å². The number of benzene rings is 2. The highest BCUT2D eigenvalue weighted by Crippen LogP contribution is 2.41. The quantitative estimate of drug-likeness (QED) is 0.274. The van der Waals surface area contributed by atoms with Crippen molar-refractivity contribution in [3.63, 3.8) is 0 Å². The predicted molar refractivity (Wildman–Crippen MR) is 170 cm³/mol. The van der Waals surface area contributed by atoms with Gasteiger partial charge in [-0.25, -0.2) is 18.7 Å². The number of terminal acetylenes is 1. The van der Waals surface area contributed by atoms with Gasteiger partial charge in [-0.15, -0.1) is 6.42 Å². The Labute approximate surface area is 260 Å². The van der Waals surface area contributed by atoms with E-state index in [9.17, 15) is 13.9 Å². The number of nitrogens with one attached hydrogen (secondary N) is 1. The van der Waals surface area contributed by atoms with Gasteiger partial charge < -0.3 is 20.2 Å². The topological polar surface area (TPSA) is 77.4 Å². The second-order valence-electron chi connectivity index (χ2n) is 13.4. The molecule has 2 bridgehead atoms. The number of hydrogen-bond acceptors (Lipinski definition) is 7. The average Bonchev–Trinajstić information content (AvgIpc) is 3.36. The number of anilines is 1. The maximum Gasteiger partial charge on any atom is 0.175 e. The SMILES string of the molecule is C#Cc1c(F)ccc2cc(O)cc(-c3ncc4c(N5C[C@H]6CC[C@@H](C5)N6)nc(CC[C@]5(C)CN(C)CC[C@@H]5CF)nc4c3F)c12. The maximum atomic E-state index is 16.8. The summed E-state index contributed by atoms with van der Waals surface area (Å²) >= 11 is 0. The Balaban J connectivity index is 1.37. The minimum absolute atomic E-state index is 0.0303. The van der Waals surface area contributed by atoms with E-state index in [4.69, 9.17) is 16.4 Å². The van der Waals surface area contributed by atoms with Gasteiger partial charge in [0.25, 0.3) is 0 Å². The molecule has 0 radical (unpaired) electrons. The molecule has 0 aliphatic carbocycles. The lowest BCUT2D eigenvalue weighted by Gasteiger charge is -2.44. The normalized spacial score (nSPS) is 25.2. The molecule has 4 atom stereocenters. The number of hydrogen-bond donors (Lipinski definition) is 2. The van der Waals surface area contributed by atoms with Gasteiger partial charge >= 0.3 is 0 Å². The zero-order valence-corrected chi connectivity index (χ0v) is 25.6. The van der Waals surface area contributed by atoms with Crippen molar-refractivity contribution >= 4 is 27.5 Å². The lowest BCUT2D eigenvalue weighted by Crippen LogP contribution is -2.51. The highest BCUT2D eigenvalue weighted by atomic mass is 19.1. The first kappa shape index (κ1) is 29.8. The fraction of sp³-hybridized carbons (Fsp3) is 0.457.